The van der Waals surface area contributed by atoms with E-state index in [4.69, 9.17) is 23.7 Å². The van der Waals surface area contributed by atoms with Crippen molar-refractivity contribution >= 4 is 0 Å². The summed E-state index contributed by atoms with van der Waals surface area (Å²) in [5.41, 5.74) is 3.18. The van der Waals surface area contributed by atoms with Crippen LogP contribution < -0.4 is 0 Å². The van der Waals surface area contributed by atoms with Crippen LogP contribution >= 0.6 is 0 Å². The van der Waals surface area contributed by atoms with E-state index < -0.39 is 24.6 Å². The lowest BCUT2D eigenvalue weighted by atomic mass is 10.0. The molecule has 1 aliphatic rings. The van der Waals surface area contributed by atoms with Gasteiger partial charge in [0.1, 0.15) is 24.1 Å². The number of hydrogen-bond acceptors (Lipinski definition) is 5. The fourth-order valence-corrected chi connectivity index (χ4v) is 3.81. The lowest BCUT2D eigenvalue weighted by molar-refractivity contribution is -0.270. The monoisotopic (exact) mass is 446 g/mol. The van der Waals surface area contributed by atoms with Crippen LogP contribution in [0.5, 0.6) is 0 Å². The highest BCUT2D eigenvalue weighted by Gasteiger charge is 2.46. The molecule has 0 bridgehead atoms. The first-order valence-electron chi connectivity index (χ1n) is 11.1. The Morgan fingerprint density at radius 3 is 1.52 bits per heavy atom. The summed E-state index contributed by atoms with van der Waals surface area (Å²) in [7, 11) is 1.59. The Balaban J connectivity index is 1.54. The third kappa shape index (κ3) is 6.30. The molecule has 172 valence electrons. The van der Waals surface area contributed by atoms with Gasteiger partial charge in [-0.15, -0.1) is 0 Å². The smallest absolute Gasteiger partial charge is 0.228 e. The van der Waals surface area contributed by atoms with Crippen LogP contribution in [0.25, 0.3) is 0 Å². The van der Waals surface area contributed by atoms with Crippen LogP contribution in [0.2, 0.25) is 0 Å². The Kier molecular flexibility index (Phi) is 8.28. The van der Waals surface area contributed by atoms with Gasteiger partial charge in [0.15, 0.2) is 0 Å². The van der Waals surface area contributed by atoms with Crippen molar-refractivity contribution in [1.29, 1.82) is 0 Å². The minimum absolute atomic E-state index is 0.401. The van der Waals surface area contributed by atoms with Crippen molar-refractivity contribution < 1.29 is 23.7 Å². The van der Waals surface area contributed by atoms with Crippen molar-refractivity contribution in [2.24, 2.45) is 0 Å². The maximum absolute atomic E-state index is 6.40. The first-order valence-corrected chi connectivity index (χ1v) is 11.1. The normalized spacial score (nSPS) is 22.6. The number of rotatable bonds is 10. The molecular formula is C28H30O5. The summed E-state index contributed by atoms with van der Waals surface area (Å²) in [6.07, 6.45) is -2.14. The molecule has 1 fully saturated rings. The van der Waals surface area contributed by atoms with Gasteiger partial charge in [-0.2, -0.15) is 0 Å². The highest BCUT2D eigenvalue weighted by molar-refractivity contribution is 5.16. The van der Waals surface area contributed by atoms with E-state index >= 15 is 0 Å². The van der Waals surface area contributed by atoms with E-state index in [2.05, 4.69) is 6.58 Å². The van der Waals surface area contributed by atoms with Crippen LogP contribution in [0.1, 0.15) is 16.7 Å². The fraction of sp³-hybridized carbons (Fsp3) is 0.286. The van der Waals surface area contributed by atoms with Gasteiger partial charge in [-0.3, -0.25) is 0 Å². The summed E-state index contributed by atoms with van der Waals surface area (Å²) < 4.78 is 30.6. The summed E-state index contributed by atoms with van der Waals surface area (Å²) in [6.45, 7) is 5.32. The molecule has 1 unspecified atom stereocenters. The van der Waals surface area contributed by atoms with Gasteiger partial charge < -0.3 is 23.7 Å². The molecular weight excluding hydrogens is 416 g/mol. The van der Waals surface area contributed by atoms with Crippen LogP contribution in [-0.2, 0) is 43.5 Å². The quantitative estimate of drug-likeness (QED) is 0.425. The van der Waals surface area contributed by atoms with E-state index in [0.29, 0.717) is 25.6 Å². The second kappa shape index (κ2) is 11.8. The predicted molar refractivity (Wildman–Crippen MR) is 126 cm³/mol. The summed E-state index contributed by atoms with van der Waals surface area (Å²) in [5, 5.41) is 0. The minimum Gasteiger partial charge on any atom is -0.464 e. The molecule has 3 aromatic carbocycles. The molecule has 0 aliphatic carbocycles. The molecule has 0 saturated carbocycles. The van der Waals surface area contributed by atoms with Crippen LogP contribution in [-0.4, -0.2) is 31.7 Å². The maximum Gasteiger partial charge on any atom is 0.228 e. The van der Waals surface area contributed by atoms with Crippen LogP contribution in [0.15, 0.2) is 103 Å². The Bertz CT molecular complexity index is 977. The zero-order valence-corrected chi connectivity index (χ0v) is 18.8. The summed E-state index contributed by atoms with van der Waals surface area (Å²) in [4.78, 5) is 0. The van der Waals surface area contributed by atoms with Gasteiger partial charge in [0.05, 0.1) is 19.8 Å². The highest BCUT2D eigenvalue weighted by atomic mass is 16.7. The molecule has 5 nitrogen and oxygen atoms in total. The second-order valence-electron chi connectivity index (χ2n) is 7.93. The zero-order valence-electron chi connectivity index (χ0n) is 18.8. The average Bonchev–Trinajstić information content (AvgIpc) is 2.87. The Morgan fingerprint density at radius 1 is 0.636 bits per heavy atom. The standard InChI is InChI=1S/C28H30O5/c1-21-25(30-18-22-12-6-3-7-13-22)26(31-19-23-14-8-4-9-15-23)27(28(29-2)33-21)32-20-24-16-10-5-11-17-24/h3-17,25-28H,1,18-20H2,2H3/t25-,26+,27-,28?/m1/s1. The fourth-order valence-electron chi connectivity index (χ4n) is 3.81. The number of benzene rings is 3. The van der Waals surface area contributed by atoms with Gasteiger partial charge in [0.25, 0.3) is 0 Å². The van der Waals surface area contributed by atoms with E-state index in [9.17, 15) is 0 Å². The SMILES string of the molecule is C=C1OC(OC)[C@H](OCc2ccccc2)[C@@H](OCc2ccccc2)[C@@H]1OCc1ccccc1. The van der Waals surface area contributed by atoms with Crippen LogP contribution in [0.3, 0.4) is 0 Å². The summed E-state index contributed by atoms with van der Waals surface area (Å²) in [6, 6.07) is 30.0. The molecule has 0 spiro atoms. The van der Waals surface area contributed by atoms with Gasteiger partial charge in [-0.05, 0) is 16.7 Å². The molecule has 0 amide bonds. The predicted octanol–water partition coefficient (Wildman–Crippen LogP) is 5.26. The largest absolute Gasteiger partial charge is 0.464 e. The molecule has 0 aromatic heterocycles. The first-order chi connectivity index (χ1) is 16.2. The van der Waals surface area contributed by atoms with E-state index in [1.54, 1.807) is 7.11 Å². The lowest BCUT2D eigenvalue weighted by Crippen LogP contribution is -2.55. The van der Waals surface area contributed by atoms with E-state index in [1.165, 1.54) is 0 Å². The third-order valence-electron chi connectivity index (χ3n) is 5.55. The number of hydrogen-bond donors (Lipinski definition) is 0. The molecule has 1 heterocycles. The summed E-state index contributed by atoms with van der Waals surface area (Å²) >= 11 is 0. The highest BCUT2D eigenvalue weighted by Crippen LogP contribution is 2.32. The molecule has 1 saturated heterocycles. The lowest BCUT2D eigenvalue weighted by Gasteiger charge is -2.42. The minimum atomic E-state index is -0.654. The van der Waals surface area contributed by atoms with Gasteiger partial charge in [0, 0.05) is 7.11 Å². The molecule has 0 radical (unpaired) electrons. The average molecular weight is 447 g/mol. The van der Waals surface area contributed by atoms with Crippen molar-refractivity contribution in [3.8, 4) is 0 Å². The van der Waals surface area contributed by atoms with Gasteiger partial charge in [0.2, 0.25) is 6.29 Å². The van der Waals surface area contributed by atoms with Crippen molar-refractivity contribution in [3.63, 3.8) is 0 Å². The van der Waals surface area contributed by atoms with Crippen molar-refractivity contribution in [3.05, 3.63) is 120 Å². The third-order valence-corrected chi connectivity index (χ3v) is 5.55. The van der Waals surface area contributed by atoms with Crippen LogP contribution in [0.4, 0.5) is 0 Å². The van der Waals surface area contributed by atoms with Crippen molar-refractivity contribution in [2.75, 3.05) is 7.11 Å². The van der Waals surface area contributed by atoms with E-state index in [-0.39, 0.29) is 0 Å². The Morgan fingerprint density at radius 2 is 1.06 bits per heavy atom. The van der Waals surface area contributed by atoms with E-state index in [0.717, 1.165) is 16.7 Å². The zero-order chi connectivity index (χ0) is 22.9. The van der Waals surface area contributed by atoms with Crippen LogP contribution in [0, 0.1) is 0 Å². The number of methoxy groups -OCH3 is 1. The van der Waals surface area contributed by atoms with Gasteiger partial charge in [-0.25, -0.2) is 0 Å². The number of ether oxygens (including phenoxy) is 5. The van der Waals surface area contributed by atoms with Gasteiger partial charge >= 0.3 is 0 Å². The maximum atomic E-state index is 6.40. The summed E-state index contributed by atoms with van der Waals surface area (Å²) in [5.74, 6) is 0.468. The molecule has 3 aromatic rings. The Labute approximate surface area is 195 Å². The Hall–Kier alpha value is -2.96. The topological polar surface area (TPSA) is 46.2 Å². The van der Waals surface area contributed by atoms with Crippen molar-refractivity contribution in [2.45, 2.75) is 44.4 Å². The molecule has 1 aliphatic heterocycles. The molecule has 4 rings (SSSR count). The van der Waals surface area contributed by atoms with Crippen molar-refractivity contribution in [1.82, 2.24) is 0 Å². The van der Waals surface area contributed by atoms with E-state index in [1.807, 2.05) is 91.0 Å². The molecule has 4 atom stereocenters. The molecule has 33 heavy (non-hydrogen) atoms. The van der Waals surface area contributed by atoms with Gasteiger partial charge in [-0.1, -0.05) is 97.6 Å². The second-order valence-corrected chi connectivity index (χ2v) is 7.93. The first kappa shape index (κ1) is 23.2. The molecule has 0 N–H and O–H groups in total. The molecule has 5 heteroatoms.